The summed E-state index contributed by atoms with van der Waals surface area (Å²) in [5, 5.41) is 14.9. The number of Topliss-reactive ketones (excluding diaryl/α,β-unsaturated/α-hetero) is 1. The lowest BCUT2D eigenvalue weighted by Gasteiger charge is -2.18. The second kappa shape index (κ2) is 16.9. The van der Waals surface area contributed by atoms with Crippen LogP contribution in [0.3, 0.4) is 0 Å². The maximum Gasteiger partial charge on any atom is 0.573 e. The maximum atomic E-state index is 12.2. The van der Waals surface area contributed by atoms with Crippen molar-refractivity contribution >= 4 is 17.6 Å². The van der Waals surface area contributed by atoms with Crippen molar-refractivity contribution in [2.24, 2.45) is 11.8 Å². The largest absolute Gasteiger partial charge is 0.573 e. The molecule has 1 unspecified atom stereocenters. The highest BCUT2D eigenvalue weighted by atomic mass is 19.4. The van der Waals surface area contributed by atoms with Crippen LogP contribution in [0.15, 0.2) is 48.5 Å². The molecule has 0 aliphatic rings. The van der Waals surface area contributed by atoms with Gasteiger partial charge in [0, 0.05) is 5.92 Å². The van der Waals surface area contributed by atoms with Gasteiger partial charge in [-0.25, -0.2) is 0 Å². The van der Waals surface area contributed by atoms with Gasteiger partial charge in [-0.3, -0.25) is 14.4 Å². The summed E-state index contributed by atoms with van der Waals surface area (Å²) in [6, 6.07) is 9.72. The van der Waals surface area contributed by atoms with Gasteiger partial charge in [0.2, 0.25) is 11.8 Å². The average molecular weight is 637 g/mol. The minimum absolute atomic E-state index is 0.0513. The Morgan fingerprint density at radius 3 is 1.50 bits per heavy atom. The van der Waals surface area contributed by atoms with Gasteiger partial charge in [-0.2, -0.15) is 0 Å². The van der Waals surface area contributed by atoms with Crippen LogP contribution in [0.5, 0.6) is 11.5 Å². The summed E-state index contributed by atoms with van der Waals surface area (Å²) < 4.78 is 80.7. The number of halogens is 6. The van der Waals surface area contributed by atoms with Gasteiger partial charge >= 0.3 is 12.7 Å². The van der Waals surface area contributed by atoms with E-state index < -0.39 is 36.8 Å². The van der Waals surface area contributed by atoms with Gasteiger partial charge in [-0.05, 0) is 55.2 Å². The fraction of sp³-hybridized carbons (Fsp3) is 0.500. The fourth-order valence-electron chi connectivity index (χ4n) is 3.51. The normalized spacial score (nSPS) is 13.7. The molecule has 2 aromatic carbocycles. The molecule has 0 spiro atoms. The lowest BCUT2D eigenvalue weighted by Crippen LogP contribution is -2.31. The molecule has 0 aromatic heterocycles. The van der Waals surface area contributed by atoms with Crippen LogP contribution in [0.2, 0.25) is 0 Å². The van der Waals surface area contributed by atoms with Crippen LogP contribution in [-0.4, -0.2) is 41.5 Å². The zero-order valence-electron chi connectivity index (χ0n) is 25.2. The first-order chi connectivity index (χ1) is 20.2. The molecule has 14 heteroatoms. The zero-order chi connectivity index (χ0) is 33.8. The molecule has 0 aliphatic carbocycles. The van der Waals surface area contributed by atoms with E-state index in [1.54, 1.807) is 53.7 Å². The molecule has 0 saturated heterocycles. The summed E-state index contributed by atoms with van der Waals surface area (Å²) in [6.45, 7) is 10.2. The summed E-state index contributed by atoms with van der Waals surface area (Å²) in [5.74, 6) is -2.02. The van der Waals surface area contributed by atoms with E-state index in [-0.39, 0.29) is 47.9 Å². The number of benzene rings is 2. The van der Waals surface area contributed by atoms with Crippen molar-refractivity contribution in [3.63, 3.8) is 0 Å². The van der Waals surface area contributed by atoms with Gasteiger partial charge in [0.05, 0.1) is 31.0 Å². The third kappa shape index (κ3) is 15.6. The van der Waals surface area contributed by atoms with E-state index in [1.165, 1.54) is 36.4 Å². The number of hydrogen-bond donors (Lipinski definition) is 3. The fourth-order valence-corrected chi connectivity index (χ4v) is 3.51. The highest BCUT2D eigenvalue weighted by Crippen LogP contribution is 2.27. The highest BCUT2D eigenvalue weighted by Gasteiger charge is 2.32. The van der Waals surface area contributed by atoms with Gasteiger partial charge in [-0.1, -0.05) is 52.0 Å². The van der Waals surface area contributed by atoms with Crippen molar-refractivity contribution in [1.29, 1.82) is 0 Å². The number of aliphatic hydroxyl groups is 1. The van der Waals surface area contributed by atoms with E-state index in [0.29, 0.717) is 11.1 Å². The summed E-state index contributed by atoms with van der Waals surface area (Å²) >= 11 is 0. The van der Waals surface area contributed by atoms with E-state index >= 15 is 0 Å². The van der Waals surface area contributed by atoms with Crippen LogP contribution >= 0.6 is 0 Å². The first kappa shape index (κ1) is 38.2. The number of amides is 2. The van der Waals surface area contributed by atoms with Crippen molar-refractivity contribution < 1.29 is 55.3 Å². The van der Waals surface area contributed by atoms with Crippen molar-refractivity contribution in [2.75, 3.05) is 0 Å². The van der Waals surface area contributed by atoms with E-state index in [0.717, 1.165) is 0 Å². The van der Waals surface area contributed by atoms with Crippen molar-refractivity contribution in [1.82, 2.24) is 10.6 Å². The van der Waals surface area contributed by atoms with E-state index in [2.05, 4.69) is 20.1 Å². The van der Waals surface area contributed by atoms with Crippen LogP contribution in [-0.2, 0) is 14.4 Å². The topological polar surface area (TPSA) is 114 Å². The number of hydrogen-bond acceptors (Lipinski definition) is 6. The predicted molar refractivity (Wildman–Crippen MR) is 149 cm³/mol. The molecule has 0 radical (unpaired) electrons. The number of alkyl halides is 6. The van der Waals surface area contributed by atoms with E-state index in [4.69, 9.17) is 0 Å². The molecule has 246 valence electrons. The molecule has 3 atom stereocenters. The number of ether oxygens (including phenoxy) is 2. The molecule has 2 aromatic rings. The van der Waals surface area contributed by atoms with Crippen LogP contribution in [0.4, 0.5) is 26.3 Å². The molecule has 0 bridgehead atoms. The van der Waals surface area contributed by atoms with Gasteiger partial charge in [0.15, 0.2) is 0 Å². The number of aliphatic hydroxyl groups excluding tert-OH is 1. The average Bonchev–Trinajstić information content (AvgIpc) is 2.87. The standard InChI is InChI=1S/C15H20F3NO3.C15H18F3NO3/c2*1-9(2)13(20)8-14(21)19-10(3)11-5-4-6-12(7-11)22-15(16,17)18/h4-7,9-10,13,20H,8H2,1-3H3,(H,19,21);4-7,9-10H,8H2,1-3H3,(H,19,21)/t10-,13?;10-/m00/s1. The molecule has 2 rings (SSSR count). The smallest absolute Gasteiger partial charge is 0.406 e. The maximum absolute atomic E-state index is 12.2. The molecule has 2 amide bonds. The molecule has 0 fully saturated rings. The quantitative estimate of drug-likeness (QED) is 0.180. The Balaban J connectivity index is 0.000000440. The number of ketones is 1. The Hall–Kier alpha value is -3.81. The Bertz CT molecular complexity index is 1230. The minimum Gasteiger partial charge on any atom is -0.406 e. The Kier molecular flexibility index (Phi) is 14.7. The minimum atomic E-state index is -4.77. The van der Waals surface area contributed by atoms with Gasteiger partial charge in [0.1, 0.15) is 17.3 Å². The first-order valence-corrected chi connectivity index (χ1v) is 13.7. The van der Waals surface area contributed by atoms with E-state index in [1.807, 2.05) is 0 Å². The third-order valence-electron chi connectivity index (χ3n) is 6.08. The van der Waals surface area contributed by atoms with Crippen molar-refractivity contribution in [3.8, 4) is 11.5 Å². The molecule has 0 aliphatic heterocycles. The lowest BCUT2D eigenvalue weighted by atomic mass is 10.0. The first-order valence-electron chi connectivity index (χ1n) is 13.7. The van der Waals surface area contributed by atoms with Crippen LogP contribution < -0.4 is 20.1 Å². The second-order valence-electron chi connectivity index (χ2n) is 10.6. The monoisotopic (exact) mass is 636 g/mol. The van der Waals surface area contributed by atoms with Crippen LogP contribution in [0.25, 0.3) is 0 Å². The van der Waals surface area contributed by atoms with E-state index in [9.17, 15) is 45.8 Å². The van der Waals surface area contributed by atoms with Crippen LogP contribution in [0, 0.1) is 11.8 Å². The van der Waals surface area contributed by atoms with Crippen molar-refractivity contribution in [2.45, 2.75) is 85.3 Å². The molecule has 0 heterocycles. The lowest BCUT2D eigenvalue weighted by molar-refractivity contribution is -0.275. The molecule has 44 heavy (non-hydrogen) atoms. The Labute approximate surface area is 252 Å². The van der Waals surface area contributed by atoms with Crippen molar-refractivity contribution in [3.05, 3.63) is 59.7 Å². The Morgan fingerprint density at radius 1 is 0.727 bits per heavy atom. The van der Waals surface area contributed by atoms with Gasteiger partial charge in [0.25, 0.3) is 0 Å². The summed E-state index contributed by atoms with van der Waals surface area (Å²) in [6.07, 6.45) is -10.6. The summed E-state index contributed by atoms with van der Waals surface area (Å²) in [5.41, 5.74) is 0.932. The molecule has 0 saturated carbocycles. The molecule has 8 nitrogen and oxygen atoms in total. The zero-order valence-corrected chi connectivity index (χ0v) is 25.2. The highest BCUT2D eigenvalue weighted by molar-refractivity contribution is 5.98. The summed E-state index contributed by atoms with van der Waals surface area (Å²) in [4.78, 5) is 35.0. The number of carbonyl (C=O) groups excluding carboxylic acids is 3. The second-order valence-corrected chi connectivity index (χ2v) is 10.6. The Morgan fingerprint density at radius 2 is 1.14 bits per heavy atom. The predicted octanol–water partition coefficient (Wildman–Crippen LogP) is 6.55. The molecular weight excluding hydrogens is 598 g/mol. The SMILES string of the molecule is CC(C)C(=O)CC(=O)N[C@@H](C)c1cccc(OC(F)(F)F)c1.CC(C)C(O)CC(=O)N[C@@H](C)c1cccc(OC(F)(F)F)c1. The number of rotatable bonds is 12. The number of carbonyl (C=O) groups is 3. The number of nitrogens with one attached hydrogen (secondary N) is 2. The van der Waals surface area contributed by atoms with Crippen LogP contribution in [0.1, 0.15) is 77.6 Å². The third-order valence-corrected chi connectivity index (χ3v) is 6.08. The van der Waals surface area contributed by atoms with Gasteiger partial charge in [-0.15, -0.1) is 26.3 Å². The summed E-state index contributed by atoms with van der Waals surface area (Å²) in [7, 11) is 0. The molecular formula is C30H38F6N2O6. The molecule has 3 N–H and O–H groups in total. The van der Waals surface area contributed by atoms with Gasteiger partial charge < -0.3 is 25.2 Å².